The first-order chi connectivity index (χ1) is 13.4. The molecule has 2 aliphatic carbocycles. The predicted molar refractivity (Wildman–Crippen MR) is 106 cm³/mol. The fraction of sp³-hybridized carbons (Fsp3) is 0.350. The van der Waals surface area contributed by atoms with Crippen molar-refractivity contribution in [3.8, 4) is 23.2 Å². The van der Waals surface area contributed by atoms with Gasteiger partial charge in [-0.05, 0) is 50.2 Å². The Morgan fingerprint density at radius 2 is 1.79 bits per heavy atom. The summed E-state index contributed by atoms with van der Waals surface area (Å²) in [6, 6.07) is 3.43. The molecule has 9 heteroatoms. The molecule has 0 bridgehead atoms. The van der Waals surface area contributed by atoms with Crippen LogP contribution in [0.3, 0.4) is 0 Å². The number of aromatic nitrogens is 4. The van der Waals surface area contributed by atoms with Crippen molar-refractivity contribution in [1.29, 1.82) is 0 Å². The summed E-state index contributed by atoms with van der Waals surface area (Å²) < 4.78 is 29.3. The van der Waals surface area contributed by atoms with Gasteiger partial charge in [0.05, 0.1) is 0 Å². The number of hydrogen-bond donors (Lipinski definition) is 2. The third-order valence-corrected chi connectivity index (χ3v) is 5.19. The van der Waals surface area contributed by atoms with Crippen LogP contribution in [0.1, 0.15) is 44.0 Å². The minimum Gasteiger partial charge on any atom is -0.382 e. The van der Waals surface area contributed by atoms with Gasteiger partial charge in [0, 0.05) is 17.7 Å². The minimum absolute atomic E-state index is 0. The maximum Gasteiger partial charge on any atom is 0.209 e. The fourth-order valence-corrected chi connectivity index (χ4v) is 3.43. The number of nitrogen functional groups attached to an aromatic ring is 1. The van der Waals surface area contributed by atoms with Crippen molar-refractivity contribution in [2.75, 3.05) is 5.73 Å². The largest absolute Gasteiger partial charge is 0.382 e. The number of benzene rings is 1. The number of hydrogen-bond acceptors (Lipinski definition) is 5. The molecule has 150 valence electrons. The Labute approximate surface area is 171 Å². The molecule has 2 fully saturated rings. The van der Waals surface area contributed by atoms with Gasteiger partial charge in [-0.3, -0.25) is 0 Å². The van der Waals surface area contributed by atoms with E-state index < -0.39 is 17.2 Å². The second-order valence-corrected chi connectivity index (χ2v) is 7.43. The number of anilines is 1. The lowest BCUT2D eigenvalue weighted by atomic mass is 9.81. The first kappa shape index (κ1) is 19.6. The molecule has 2 aliphatic rings. The van der Waals surface area contributed by atoms with Gasteiger partial charge in [0.1, 0.15) is 23.1 Å². The van der Waals surface area contributed by atoms with Crippen LogP contribution in [-0.4, -0.2) is 30.2 Å². The lowest BCUT2D eigenvalue weighted by Gasteiger charge is -2.30. The zero-order valence-electron chi connectivity index (χ0n) is 15.3. The van der Waals surface area contributed by atoms with E-state index in [0.29, 0.717) is 35.4 Å². The van der Waals surface area contributed by atoms with Gasteiger partial charge >= 0.3 is 0 Å². The molecule has 3 N–H and O–H groups in total. The van der Waals surface area contributed by atoms with Crippen molar-refractivity contribution in [2.45, 2.75) is 43.7 Å². The van der Waals surface area contributed by atoms with Gasteiger partial charge in [0.2, 0.25) is 5.82 Å². The summed E-state index contributed by atoms with van der Waals surface area (Å²) in [6.07, 6.45) is 4.04. The Bertz CT molecular complexity index is 1150. The number of nitrogens with two attached hydrogens (primary N) is 1. The molecule has 2 heterocycles. The summed E-state index contributed by atoms with van der Waals surface area (Å²) in [5.41, 5.74) is 6.28. The third-order valence-electron chi connectivity index (χ3n) is 5.19. The lowest BCUT2D eigenvalue weighted by Crippen LogP contribution is -2.34. The molecule has 6 nitrogen and oxygen atoms in total. The molecule has 0 aliphatic heterocycles. The van der Waals surface area contributed by atoms with E-state index in [9.17, 15) is 13.9 Å². The van der Waals surface area contributed by atoms with Crippen LogP contribution in [0.15, 0.2) is 18.2 Å². The molecule has 5 rings (SSSR count). The molecule has 3 aromatic rings. The molecular weight excluding hydrogens is 400 g/mol. The normalized spacial score (nSPS) is 17.2. The van der Waals surface area contributed by atoms with Gasteiger partial charge in [0.25, 0.3) is 0 Å². The van der Waals surface area contributed by atoms with E-state index in [1.54, 1.807) is 0 Å². The van der Waals surface area contributed by atoms with Crippen LogP contribution < -0.4 is 5.73 Å². The van der Waals surface area contributed by atoms with E-state index >= 15 is 0 Å². The number of halogens is 3. The summed E-state index contributed by atoms with van der Waals surface area (Å²) >= 11 is 0. The van der Waals surface area contributed by atoms with Crippen molar-refractivity contribution < 1.29 is 13.9 Å². The maximum atomic E-state index is 13.7. The molecule has 0 unspecified atom stereocenters. The van der Waals surface area contributed by atoms with E-state index in [2.05, 4.69) is 26.8 Å². The molecule has 0 atom stereocenters. The van der Waals surface area contributed by atoms with Crippen molar-refractivity contribution in [1.82, 2.24) is 19.5 Å². The molecule has 2 saturated carbocycles. The molecule has 2 aromatic heterocycles. The predicted octanol–water partition coefficient (Wildman–Crippen LogP) is 3.38. The monoisotopic (exact) mass is 417 g/mol. The number of nitrogens with zero attached hydrogens (tertiary/aromatic N) is 4. The SMILES string of the molecule is Cl.Nc1nc(C#CC2(O)CCC2)nc2c1nc(-c1cc(F)cc(F)c1)n2C1CC1. The van der Waals surface area contributed by atoms with Crippen LogP contribution in [0.25, 0.3) is 22.6 Å². The van der Waals surface area contributed by atoms with E-state index in [1.165, 1.54) is 12.1 Å². The summed E-state index contributed by atoms with van der Waals surface area (Å²) in [6.45, 7) is 0. The van der Waals surface area contributed by atoms with E-state index in [1.807, 2.05) is 4.57 Å². The van der Waals surface area contributed by atoms with Crippen molar-refractivity contribution in [2.24, 2.45) is 0 Å². The van der Waals surface area contributed by atoms with Crippen LogP contribution >= 0.6 is 12.4 Å². The molecular formula is C20H18ClF2N5O. The van der Waals surface area contributed by atoms with E-state index in [0.717, 1.165) is 25.3 Å². The van der Waals surface area contributed by atoms with Gasteiger partial charge in [-0.25, -0.2) is 23.7 Å². The quantitative estimate of drug-likeness (QED) is 0.624. The van der Waals surface area contributed by atoms with Crippen molar-refractivity contribution in [3.05, 3.63) is 35.7 Å². The first-order valence-corrected chi connectivity index (χ1v) is 9.19. The highest BCUT2D eigenvalue weighted by atomic mass is 35.5. The summed E-state index contributed by atoms with van der Waals surface area (Å²) in [5, 5.41) is 10.2. The number of imidazole rings is 1. The maximum absolute atomic E-state index is 13.7. The van der Waals surface area contributed by atoms with Gasteiger partial charge in [0.15, 0.2) is 17.0 Å². The third kappa shape index (κ3) is 3.52. The van der Waals surface area contributed by atoms with Crippen LogP contribution in [0.4, 0.5) is 14.6 Å². The summed E-state index contributed by atoms with van der Waals surface area (Å²) in [7, 11) is 0. The molecule has 0 spiro atoms. The smallest absolute Gasteiger partial charge is 0.209 e. The average Bonchev–Trinajstić information content (AvgIpc) is 3.37. The zero-order chi connectivity index (χ0) is 19.5. The van der Waals surface area contributed by atoms with Gasteiger partial charge in [-0.15, -0.1) is 12.4 Å². The Morgan fingerprint density at radius 1 is 1.10 bits per heavy atom. The summed E-state index contributed by atoms with van der Waals surface area (Å²) in [5.74, 6) is 5.02. The minimum atomic E-state index is -0.978. The highest BCUT2D eigenvalue weighted by Crippen LogP contribution is 2.41. The van der Waals surface area contributed by atoms with Crippen LogP contribution in [0, 0.1) is 23.5 Å². The van der Waals surface area contributed by atoms with Crippen LogP contribution in [0.2, 0.25) is 0 Å². The highest BCUT2D eigenvalue weighted by molar-refractivity contribution is 5.86. The van der Waals surface area contributed by atoms with Crippen molar-refractivity contribution >= 4 is 29.4 Å². The zero-order valence-corrected chi connectivity index (χ0v) is 16.1. The van der Waals surface area contributed by atoms with Gasteiger partial charge in [-0.2, -0.15) is 0 Å². The van der Waals surface area contributed by atoms with Crippen LogP contribution in [0.5, 0.6) is 0 Å². The Hall–Kier alpha value is -2.76. The number of aliphatic hydroxyl groups is 1. The topological polar surface area (TPSA) is 89.8 Å². The van der Waals surface area contributed by atoms with Gasteiger partial charge < -0.3 is 15.4 Å². The first-order valence-electron chi connectivity index (χ1n) is 9.19. The Balaban J connectivity index is 0.00000205. The Kier molecular flexibility index (Phi) is 4.68. The van der Waals surface area contributed by atoms with Crippen LogP contribution in [-0.2, 0) is 0 Å². The number of rotatable bonds is 2. The molecule has 0 saturated heterocycles. The second kappa shape index (κ2) is 6.94. The lowest BCUT2D eigenvalue weighted by molar-refractivity contribution is 0.0239. The standard InChI is InChI=1S/C20H17F2N5O.ClH/c21-12-8-11(9-13(22)10-12)18-26-16-17(23)24-15(4-7-20(28)5-1-6-20)25-19(16)27(18)14-2-3-14;/h8-10,14,28H,1-3,5-6H2,(H2,23,24,25);1H. The average molecular weight is 418 g/mol. The molecule has 29 heavy (non-hydrogen) atoms. The fourth-order valence-electron chi connectivity index (χ4n) is 3.43. The highest BCUT2D eigenvalue weighted by Gasteiger charge is 2.33. The Morgan fingerprint density at radius 3 is 2.38 bits per heavy atom. The van der Waals surface area contributed by atoms with E-state index in [4.69, 9.17) is 5.73 Å². The van der Waals surface area contributed by atoms with Gasteiger partial charge in [-0.1, -0.05) is 5.92 Å². The molecule has 0 amide bonds. The van der Waals surface area contributed by atoms with E-state index in [-0.39, 0.29) is 30.1 Å². The van der Waals surface area contributed by atoms with Crippen molar-refractivity contribution in [3.63, 3.8) is 0 Å². The molecule has 1 aromatic carbocycles. The second-order valence-electron chi connectivity index (χ2n) is 7.43. The number of fused-ring (bicyclic) bond motifs is 1. The summed E-state index contributed by atoms with van der Waals surface area (Å²) in [4.78, 5) is 13.2. The molecule has 0 radical (unpaired) electrons.